The SMILES string of the molecule is CNC(c1cnc(C(F)(F)F)s1)C1CCC(C)CC1. The lowest BCUT2D eigenvalue weighted by atomic mass is 9.79. The Labute approximate surface area is 115 Å². The third-order valence-corrected chi connectivity index (χ3v) is 5.04. The molecule has 19 heavy (non-hydrogen) atoms. The summed E-state index contributed by atoms with van der Waals surface area (Å²) in [5.74, 6) is 1.16. The standard InChI is InChI=1S/C13H19F3N2S/c1-8-3-5-9(6-4-8)11(17-2)10-7-18-12(19-10)13(14,15)16/h7-9,11,17H,3-6H2,1-2H3. The predicted molar refractivity (Wildman–Crippen MR) is 70.0 cm³/mol. The van der Waals surface area contributed by atoms with Crippen LogP contribution in [0.4, 0.5) is 13.2 Å². The number of hydrogen-bond donors (Lipinski definition) is 1. The molecular formula is C13H19F3N2S. The maximum atomic E-state index is 12.6. The first-order chi connectivity index (χ1) is 8.91. The molecule has 1 saturated carbocycles. The second-order valence-corrected chi connectivity index (χ2v) is 6.41. The smallest absolute Gasteiger partial charge is 0.312 e. The van der Waals surface area contributed by atoms with Crippen LogP contribution in [0.5, 0.6) is 0 Å². The van der Waals surface area contributed by atoms with Crippen molar-refractivity contribution in [3.63, 3.8) is 0 Å². The van der Waals surface area contributed by atoms with Crippen LogP contribution in [0, 0.1) is 11.8 Å². The van der Waals surface area contributed by atoms with E-state index >= 15 is 0 Å². The van der Waals surface area contributed by atoms with Gasteiger partial charge in [0.15, 0.2) is 5.01 Å². The number of nitrogens with one attached hydrogen (secondary N) is 1. The van der Waals surface area contributed by atoms with E-state index in [0.29, 0.717) is 10.8 Å². The van der Waals surface area contributed by atoms with Crippen molar-refractivity contribution in [2.45, 2.75) is 44.8 Å². The maximum Gasteiger partial charge on any atom is 0.443 e. The molecule has 1 unspecified atom stereocenters. The molecule has 2 rings (SSSR count). The number of nitrogens with zero attached hydrogens (tertiary/aromatic N) is 1. The van der Waals surface area contributed by atoms with Gasteiger partial charge in [0.1, 0.15) is 0 Å². The van der Waals surface area contributed by atoms with Gasteiger partial charge in [-0.15, -0.1) is 11.3 Å². The topological polar surface area (TPSA) is 24.9 Å². The van der Waals surface area contributed by atoms with E-state index in [2.05, 4.69) is 17.2 Å². The van der Waals surface area contributed by atoms with E-state index in [9.17, 15) is 13.2 Å². The molecule has 0 radical (unpaired) electrons. The summed E-state index contributed by atoms with van der Waals surface area (Å²) in [5.41, 5.74) is 0. The van der Waals surface area contributed by atoms with E-state index < -0.39 is 11.2 Å². The van der Waals surface area contributed by atoms with E-state index in [1.165, 1.54) is 6.20 Å². The lowest BCUT2D eigenvalue weighted by Crippen LogP contribution is -2.27. The molecule has 0 aliphatic heterocycles. The van der Waals surface area contributed by atoms with Gasteiger partial charge in [0.05, 0.1) is 0 Å². The van der Waals surface area contributed by atoms with Gasteiger partial charge in [0.2, 0.25) is 0 Å². The van der Waals surface area contributed by atoms with Crippen LogP contribution in [0.2, 0.25) is 0 Å². The fraction of sp³-hybridized carbons (Fsp3) is 0.769. The fourth-order valence-corrected chi connectivity index (χ4v) is 3.78. The summed E-state index contributed by atoms with van der Waals surface area (Å²) in [6.07, 6.45) is 1.52. The molecule has 0 aromatic carbocycles. The van der Waals surface area contributed by atoms with Gasteiger partial charge in [-0.1, -0.05) is 19.8 Å². The minimum absolute atomic E-state index is 0.00102. The number of alkyl halides is 3. The second-order valence-electron chi connectivity index (χ2n) is 5.35. The average molecular weight is 292 g/mol. The zero-order valence-corrected chi connectivity index (χ0v) is 11.9. The van der Waals surface area contributed by atoms with Crippen LogP contribution < -0.4 is 5.32 Å². The highest BCUT2D eigenvalue weighted by Gasteiger charge is 2.36. The van der Waals surface area contributed by atoms with Crippen LogP contribution >= 0.6 is 11.3 Å². The van der Waals surface area contributed by atoms with Crippen molar-refractivity contribution in [2.75, 3.05) is 7.05 Å². The van der Waals surface area contributed by atoms with E-state index in [1.54, 1.807) is 0 Å². The molecule has 1 N–H and O–H groups in total. The Balaban J connectivity index is 2.11. The van der Waals surface area contributed by atoms with Crippen LogP contribution in [-0.2, 0) is 6.18 Å². The summed E-state index contributed by atoms with van der Waals surface area (Å²) >= 11 is 0.768. The zero-order valence-electron chi connectivity index (χ0n) is 11.1. The largest absolute Gasteiger partial charge is 0.443 e. The van der Waals surface area contributed by atoms with Crippen molar-refractivity contribution in [3.8, 4) is 0 Å². The van der Waals surface area contributed by atoms with E-state index in [4.69, 9.17) is 0 Å². The molecule has 2 nitrogen and oxygen atoms in total. The summed E-state index contributed by atoms with van der Waals surface area (Å²) < 4.78 is 37.8. The molecule has 1 heterocycles. The molecule has 108 valence electrons. The predicted octanol–water partition coefficient (Wildman–Crippen LogP) is 4.25. The van der Waals surface area contributed by atoms with Crippen LogP contribution in [0.1, 0.15) is 48.5 Å². The molecule has 1 atom stereocenters. The second kappa shape index (κ2) is 5.79. The molecule has 0 spiro atoms. The normalized spacial score (nSPS) is 26.4. The Morgan fingerprint density at radius 1 is 1.32 bits per heavy atom. The summed E-state index contributed by atoms with van der Waals surface area (Å²) in [5, 5.41) is 2.43. The first-order valence-corrected chi connectivity index (χ1v) is 7.43. The number of aromatic nitrogens is 1. The Kier molecular flexibility index (Phi) is 4.50. The number of rotatable bonds is 3. The van der Waals surface area contributed by atoms with Gasteiger partial charge >= 0.3 is 6.18 Å². The number of hydrogen-bond acceptors (Lipinski definition) is 3. The van der Waals surface area contributed by atoms with Gasteiger partial charge in [-0.3, -0.25) is 0 Å². The van der Waals surface area contributed by atoms with Gasteiger partial charge in [0, 0.05) is 17.1 Å². The van der Waals surface area contributed by atoms with Crippen molar-refractivity contribution >= 4 is 11.3 Å². The molecule has 6 heteroatoms. The molecule has 1 aromatic rings. The summed E-state index contributed by atoms with van der Waals surface area (Å²) in [6, 6.07) is 0.00102. The minimum atomic E-state index is -4.33. The molecule has 1 fully saturated rings. The van der Waals surface area contributed by atoms with E-state index in [-0.39, 0.29) is 6.04 Å². The van der Waals surface area contributed by atoms with E-state index in [0.717, 1.165) is 42.9 Å². The Morgan fingerprint density at radius 2 is 1.95 bits per heavy atom. The molecule has 1 aliphatic carbocycles. The molecule has 0 saturated heterocycles. The van der Waals surface area contributed by atoms with Crippen LogP contribution in [-0.4, -0.2) is 12.0 Å². The first kappa shape index (κ1) is 14.8. The van der Waals surface area contributed by atoms with Gasteiger partial charge in [0.25, 0.3) is 0 Å². The molecule has 1 aromatic heterocycles. The molecule has 0 bridgehead atoms. The van der Waals surface area contributed by atoms with Crippen LogP contribution in [0.15, 0.2) is 6.20 Å². The van der Waals surface area contributed by atoms with Crippen molar-refractivity contribution < 1.29 is 13.2 Å². The summed E-state index contributed by atoms with van der Waals surface area (Å²) in [6.45, 7) is 2.24. The Morgan fingerprint density at radius 3 is 2.42 bits per heavy atom. The lowest BCUT2D eigenvalue weighted by molar-refractivity contribution is -0.137. The molecule has 0 amide bonds. The van der Waals surface area contributed by atoms with Crippen molar-refractivity contribution in [1.29, 1.82) is 0 Å². The highest BCUT2D eigenvalue weighted by Crippen LogP contribution is 2.40. The monoisotopic (exact) mass is 292 g/mol. The highest BCUT2D eigenvalue weighted by molar-refractivity contribution is 7.11. The van der Waals surface area contributed by atoms with Crippen molar-refractivity contribution in [1.82, 2.24) is 10.3 Å². The lowest BCUT2D eigenvalue weighted by Gasteiger charge is -2.31. The van der Waals surface area contributed by atoms with Gasteiger partial charge < -0.3 is 5.32 Å². The number of halogens is 3. The Hall–Kier alpha value is -0.620. The summed E-state index contributed by atoms with van der Waals surface area (Å²) in [7, 11) is 1.82. The Bertz CT molecular complexity index is 408. The zero-order chi connectivity index (χ0) is 14.0. The molecule has 1 aliphatic rings. The quantitative estimate of drug-likeness (QED) is 0.901. The molecular weight excluding hydrogens is 273 g/mol. The fourth-order valence-electron chi connectivity index (χ4n) is 2.79. The van der Waals surface area contributed by atoms with Gasteiger partial charge in [-0.05, 0) is 31.7 Å². The van der Waals surface area contributed by atoms with Crippen molar-refractivity contribution in [3.05, 3.63) is 16.1 Å². The van der Waals surface area contributed by atoms with Gasteiger partial charge in [-0.2, -0.15) is 13.2 Å². The number of thiazole rings is 1. The summed E-state index contributed by atoms with van der Waals surface area (Å²) in [4.78, 5) is 4.22. The average Bonchev–Trinajstić information content (AvgIpc) is 2.82. The van der Waals surface area contributed by atoms with Crippen molar-refractivity contribution in [2.24, 2.45) is 11.8 Å². The minimum Gasteiger partial charge on any atom is -0.312 e. The third-order valence-electron chi connectivity index (χ3n) is 3.92. The van der Waals surface area contributed by atoms with E-state index in [1.807, 2.05) is 7.05 Å². The van der Waals surface area contributed by atoms with Crippen LogP contribution in [0.25, 0.3) is 0 Å². The van der Waals surface area contributed by atoms with Gasteiger partial charge in [-0.25, -0.2) is 4.98 Å². The third kappa shape index (κ3) is 3.48. The van der Waals surface area contributed by atoms with Crippen LogP contribution in [0.3, 0.4) is 0 Å². The maximum absolute atomic E-state index is 12.6. The first-order valence-electron chi connectivity index (χ1n) is 6.62. The highest BCUT2D eigenvalue weighted by atomic mass is 32.1.